The van der Waals surface area contributed by atoms with E-state index >= 15 is 0 Å². The molecule has 3 nitrogen and oxygen atoms in total. The molecule has 2 aromatic rings. The number of amides is 1. The summed E-state index contributed by atoms with van der Waals surface area (Å²) in [6.45, 7) is 3.96. The summed E-state index contributed by atoms with van der Waals surface area (Å²) in [4.78, 5) is 15.9. The number of likely N-dealkylation sites (tertiary alicyclic amines) is 1. The van der Waals surface area contributed by atoms with Gasteiger partial charge in [0, 0.05) is 42.8 Å². The number of nitrogens with zero attached hydrogens (tertiary/aromatic N) is 2. The van der Waals surface area contributed by atoms with Crippen LogP contribution in [-0.2, 0) is 17.4 Å². The molecule has 6 heteroatoms. The Kier molecular flexibility index (Phi) is 4.17. The first kappa shape index (κ1) is 17.9. The zero-order chi connectivity index (χ0) is 19.2. The Hall–Kier alpha value is -2.50. The number of fused-ring (bicyclic) bond motifs is 1. The van der Waals surface area contributed by atoms with E-state index < -0.39 is 11.7 Å². The van der Waals surface area contributed by atoms with Gasteiger partial charge >= 0.3 is 6.18 Å². The first-order valence-electron chi connectivity index (χ1n) is 9.12. The van der Waals surface area contributed by atoms with E-state index in [0.29, 0.717) is 26.1 Å². The lowest BCUT2D eigenvalue weighted by atomic mass is 9.71. The molecule has 0 atom stereocenters. The third kappa shape index (κ3) is 3.17. The highest BCUT2D eigenvalue weighted by Gasteiger charge is 2.48. The van der Waals surface area contributed by atoms with Crippen molar-refractivity contribution in [3.05, 3.63) is 59.7 Å². The summed E-state index contributed by atoms with van der Waals surface area (Å²) in [5.41, 5.74) is 2.27. The van der Waals surface area contributed by atoms with Gasteiger partial charge < -0.3 is 9.80 Å². The summed E-state index contributed by atoms with van der Waals surface area (Å²) in [7, 11) is 0. The van der Waals surface area contributed by atoms with Crippen molar-refractivity contribution in [1.29, 1.82) is 0 Å². The van der Waals surface area contributed by atoms with Gasteiger partial charge in [0.1, 0.15) is 0 Å². The number of halogens is 3. The molecular weight excluding hydrogens is 353 g/mol. The molecule has 2 aromatic carbocycles. The molecule has 27 heavy (non-hydrogen) atoms. The molecule has 1 amide bonds. The average Bonchev–Trinajstić information content (AvgIpc) is 2.64. The normalized spacial score (nSPS) is 18.2. The first-order chi connectivity index (χ1) is 12.8. The maximum atomic E-state index is 12.9. The van der Waals surface area contributed by atoms with Crippen LogP contribution in [0.1, 0.15) is 24.5 Å². The van der Waals surface area contributed by atoms with Crippen LogP contribution in [0.3, 0.4) is 0 Å². The third-order valence-corrected chi connectivity index (χ3v) is 5.56. The van der Waals surface area contributed by atoms with Gasteiger partial charge in [-0.3, -0.25) is 4.79 Å². The van der Waals surface area contributed by atoms with Crippen LogP contribution in [0.4, 0.5) is 24.5 Å². The lowest BCUT2D eigenvalue weighted by Crippen LogP contribution is -2.64. The Morgan fingerprint density at radius 2 is 1.70 bits per heavy atom. The Labute approximate surface area is 156 Å². The van der Waals surface area contributed by atoms with Crippen molar-refractivity contribution in [3.8, 4) is 0 Å². The number of hydrogen-bond acceptors (Lipinski definition) is 2. The number of carbonyl (C=O) groups is 1. The molecule has 2 aliphatic heterocycles. The maximum absolute atomic E-state index is 12.9. The molecule has 0 radical (unpaired) electrons. The molecular formula is C21H21F3N2O. The van der Waals surface area contributed by atoms with Gasteiger partial charge in [-0.2, -0.15) is 13.2 Å². The second kappa shape index (κ2) is 6.29. The van der Waals surface area contributed by atoms with Crippen LogP contribution in [0.25, 0.3) is 0 Å². The van der Waals surface area contributed by atoms with Gasteiger partial charge in [-0.1, -0.05) is 25.1 Å². The number of rotatable bonds is 2. The quantitative estimate of drug-likeness (QED) is 0.765. The summed E-state index contributed by atoms with van der Waals surface area (Å²) < 4.78 is 38.7. The predicted molar refractivity (Wildman–Crippen MR) is 97.9 cm³/mol. The highest BCUT2D eigenvalue weighted by molar-refractivity contribution is 5.77. The van der Waals surface area contributed by atoms with Gasteiger partial charge in [0.25, 0.3) is 0 Å². The molecule has 0 N–H and O–H groups in total. The monoisotopic (exact) mass is 374 g/mol. The van der Waals surface area contributed by atoms with Gasteiger partial charge in [0.2, 0.25) is 5.91 Å². The van der Waals surface area contributed by atoms with Crippen LogP contribution in [0.5, 0.6) is 0 Å². The lowest BCUT2D eigenvalue weighted by molar-refractivity contribution is -0.142. The molecule has 0 bridgehead atoms. The van der Waals surface area contributed by atoms with Crippen molar-refractivity contribution in [2.75, 3.05) is 24.5 Å². The molecule has 4 rings (SSSR count). The summed E-state index contributed by atoms with van der Waals surface area (Å²) in [6.07, 6.45) is -2.96. The smallest absolute Gasteiger partial charge is 0.341 e. The van der Waals surface area contributed by atoms with Crippen LogP contribution in [0.2, 0.25) is 0 Å². The number of hydrogen-bond donors (Lipinski definition) is 0. The Morgan fingerprint density at radius 3 is 2.33 bits per heavy atom. The molecule has 1 spiro atoms. The molecule has 142 valence electrons. The fraction of sp³-hybridized carbons (Fsp3) is 0.381. The van der Waals surface area contributed by atoms with E-state index in [9.17, 15) is 18.0 Å². The van der Waals surface area contributed by atoms with Gasteiger partial charge in [0.15, 0.2) is 0 Å². The predicted octanol–water partition coefficient (Wildman–Crippen LogP) is 4.64. The van der Waals surface area contributed by atoms with Crippen molar-refractivity contribution >= 4 is 17.3 Å². The molecule has 0 saturated carbocycles. The standard InChI is InChI=1S/C21H21F3N2O/c1-2-19(27)25-12-20(13-25)11-15-5-3-4-6-18(15)26(14-20)17-9-7-16(8-10-17)21(22,23)24/h3-10H,2,11-14H2,1H3. The minimum absolute atomic E-state index is 0.0398. The zero-order valence-electron chi connectivity index (χ0n) is 15.1. The lowest BCUT2D eigenvalue weighted by Gasteiger charge is -2.55. The van der Waals surface area contributed by atoms with E-state index in [1.54, 1.807) is 0 Å². The van der Waals surface area contributed by atoms with Crippen LogP contribution < -0.4 is 4.90 Å². The average molecular weight is 374 g/mol. The highest BCUT2D eigenvalue weighted by Crippen LogP contribution is 2.45. The van der Waals surface area contributed by atoms with E-state index in [2.05, 4.69) is 11.0 Å². The summed E-state index contributed by atoms with van der Waals surface area (Å²) in [6, 6.07) is 13.3. The molecule has 0 aromatic heterocycles. The minimum atomic E-state index is -4.34. The Morgan fingerprint density at radius 1 is 1.04 bits per heavy atom. The number of anilines is 2. The zero-order valence-corrected chi connectivity index (χ0v) is 15.1. The van der Waals surface area contributed by atoms with Gasteiger partial charge in [-0.05, 0) is 42.3 Å². The van der Waals surface area contributed by atoms with Crippen molar-refractivity contribution in [1.82, 2.24) is 4.90 Å². The number of alkyl halides is 3. The number of benzene rings is 2. The summed E-state index contributed by atoms with van der Waals surface area (Å²) >= 11 is 0. The fourth-order valence-electron chi connectivity index (χ4n) is 4.24. The van der Waals surface area contributed by atoms with Gasteiger partial charge in [-0.25, -0.2) is 0 Å². The highest BCUT2D eigenvalue weighted by atomic mass is 19.4. The molecule has 2 aliphatic rings. The number of carbonyl (C=O) groups excluding carboxylic acids is 1. The van der Waals surface area contributed by atoms with Crippen molar-refractivity contribution in [2.45, 2.75) is 25.9 Å². The summed E-state index contributed by atoms with van der Waals surface area (Å²) in [5.74, 6) is 0.153. The third-order valence-electron chi connectivity index (χ3n) is 5.56. The van der Waals surface area contributed by atoms with Crippen LogP contribution in [0.15, 0.2) is 48.5 Å². The van der Waals surface area contributed by atoms with E-state index in [0.717, 1.165) is 29.9 Å². The fourth-order valence-corrected chi connectivity index (χ4v) is 4.24. The molecule has 1 saturated heterocycles. The van der Waals surface area contributed by atoms with E-state index in [1.807, 2.05) is 30.0 Å². The van der Waals surface area contributed by atoms with Crippen molar-refractivity contribution in [2.24, 2.45) is 5.41 Å². The van der Waals surface area contributed by atoms with Crippen molar-refractivity contribution < 1.29 is 18.0 Å². The van der Waals surface area contributed by atoms with E-state index in [1.165, 1.54) is 17.7 Å². The maximum Gasteiger partial charge on any atom is 0.416 e. The molecule has 0 unspecified atom stereocenters. The van der Waals surface area contributed by atoms with Gasteiger partial charge in [-0.15, -0.1) is 0 Å². The molecule has 2 heterocycles. The SMILES string of the molecule is CCC(=O)N1CC2(Cc3ccccc3N(c3ccc(C(F)(F)F)cc3)C2)C1. The topological polar surface area (TPSA) is 23.6 Å². The Balaban J connectivity index is 1.65. The molecule has 0 aliphatic carbocycles. The van der Waals surface area contributed by atoms with Crippen LogP contribution in [-0.4, -0.2) is 30.4 Å². The largest absolute Gasteiger partial charge is 0.416 e. The van der Waals surface area contributed by atoms with Crippen LogP contribution >= 0.6 is 0 Å². The van der Waals surface area contributed by atoms with Gasteiger partial charge in [0.05, 0.1) is 5.56 Å². The second-order valence-electron chi connectivity index (χ2n) is 7.54. The number of para-hydroxylation sites is 1. The van der Waals surface area contributed by atoms with E-state index in [-0.39, 0.29) is 11.3 Å². The van der Waals surface area contributed by atoms with Crippen LogP contribution in [0, 0.1) is 5.41 Å². The summed E-state index contributed by atoms with van der Waals surface area (Å²) in [5, 5.41) is 0. The Bertz CT molecular complexity index is 854. The molecule has 1 fully saturated rings. The minimum Gasteiger partial charge on any atom is -0.341 e. The van der Waals surface area contributed by atoms with E-state index in [4.69, 9.17) is 0 Å². The second-order valence-corrected chi connectivity index (χ2v) is 7.54. The van der Waals surface area contributed by atoms with Crippen molar-refractivity contribution in [3.63, 3.8) is 0 Å². The first-order valence-corrected chi connectivity index (χ1v) is 9.12.